The van der Waals surface area contributed by atoms with Crippen LogP contribution in [0.1, 0.15) is 15.9 Å². The van der Waals surface area contributed by atoms with Crippen LogP contribution in [0.2, 0.25) is 0 Å². The number of amides is 1. The lowest BCUT2D eigenvalue weighted by Gasteiger charge is -2.12. The Kier molecular flexibility index (Phi) is 5.31. The van der Waals surface area contributed by atoms with Crippen LogP contribution in [-0.4, -0.2) is 32.2 Å². The number of fused-ring (bicyclic) bond motifs is 3. The van der Waals surface area contributed by atoms with Crippen LogP contribution in [0.4, 0.5) is 0 Å². The Labute approximate surface area is 192 Å². The molecule has 2 heterocycles. The molecule has 0 bridgehead atoms. The van der Waals surface area contributed by atoms with E-state index in [4.69, 9.17) is 10.5 Å². The van der Waals surface area contributed by atoms with E-state index < -0.39 is 5.91 Å². The molecule has 5 rings (SSSR count). The fraction of sp³-hybridized carbons (Fsp3) is 0.0833. The van der Waals surface area contributed by atoms with Crippen molar-refractivity contribution in [3.8, 4) is 11.4 Å². The van der Waals surface area contributed by atoms with Crippen molar-refractivity contribution >= 4 is 34.3 Å². The number of ether oxygens (including phenoxy) is 1. The molecule has 164 valence electrons. The molecule has 2 N–H and O–H groups in total. The molecule has 0 aliphatic carbocycles. The molecule has 5 aromatic rings. The Morgan fingerprint density at radius 3 is 2.58 bits per heavy atom. The smallest absolute Gasteiger partial charge is 0.267 e. The molecule has 0 aliphatic rings. The molecule has 3 aromatic carbocycles. The first-order chi connectivity index (χ1) is 16.1. The summed E-state index contributed by atoms with van der Waals surface area (Å²) in [6.07, 6.45) is 0. The van der Waals surface area contributed by atoms with Crippen molar-refractivity contribution in [2.45, 2.75) is 10.9 Å². The number of nitrogens with zero attached hydrogens (tertiary/aromatic N) is 4. The van der Waals surface area contributed by atoms with Crippen molar-refractivity contribution in [3.05, 3.63) is 94.3 Å². The molecule has 0 unspecified atom stereocenters. The maximum atomic E-state index is 13.4. The van der Waals surface area contributed by atoms with E-state index in [1.54, 1.807) is 35.9 Å². The molecule has 9 heteroatoms. The molecule has 0 spiro atoms. The number of hydrogen-bond acceptors (Lipinski definition) is 6. The van der Waals surface area contributed by atoms with Gasteiger partial charge in [0.15, 0.2) is 5.16 Å². The number of carbonyl (C=O) groups is 1. The number of nitrogens with two attached hydrogens (primary N) is 1. The minimum Gasteiger partial charge on any atom is -0.497 e. The molecule has 0 atom stereocenters. The van der Waals surface area contributed by atoms with Gasteiger partial charge in [-0.15, -0.1) is 10.2 Å². The van der Waals surface area contributed by atoms with Gasteiger partial charge in [-0.3, -0.25) is 14.0 Å². The van der Waals surface area contributed by atoms with Crippen molar-refractivity contribution < 1.29 is 9.53 Å². The maximum Gasteiger partial charge on any atom is 0.267 e. The Bertz CT molecular complexity index is 1560. The minimum atomic E-state index is -0.459. The van der Waals surface area contributed by atoms with E-state index >= 15 is 0 Å². The van der Waals surface area contributed by atoms with Crippen molar-refractivity contribution in [2.75, 3.05) is 7.11 Å². The van der Waals surface area contributed by atoms with Gasteiger partial charge in [-0.05, 0) is 42.0 Å². The SMILES string of the molecule is COc1cccc(-n2c(=O)c3ccccc3n3c(SCc4ccc(C(N)=O)cc4)nnc23)c1. The Morgan fingerprint density at radius 2 is 1.82 bits per heavy atom. The first-order valence-corrected chi connectivity index (χ1v) is 11.1. The van der Waals surface area contributed by atoms with Crippen LogP contribution in [0.15, 0.2) is 82.7 Å². The minimum absolute atomic E-state index is 0.183. The van der Waals surface area contributed by atoms with Gasteiger partial charge in [0, 0.05) is 17.4 Å². The van der Waals surface area contributed by atoms with Gasteiger partial charge in [-0.1, -0.05) is 42.1 Å². The number of methoxy groups -OCH3 is 1. The number of hydrogen-bond donors (Lipinski definition) is 1. The van der Waals surface area contributed by atoms with Crippen LogP contribution in [0.3, 0.4) is 0 Å². The molecule has 33 heavy (non-hydrogen) atoms. The summed E-state index contributed by atoms with van der Waals surface area (Å²) in [4.78, 5) is 24.7. The molecule has 0 saturated heterocycles. The highest BCUT2D eigenvalue weighted by molar-refractivity contribution is 7.98. The molecule has 2 aromatic heterocycles. The quantitative estimate of drug-likeness (QED) is 0.392. The van der Waals surface area contributed by atoms with Gasteiger partial charge >= 0.3 is 0 Å². The number of carbonyl (C=O) groups excluding carboxylic acids is 1. The van der Waals surface area contributed by atoms with E-state index in [0.29, 0.717) is 39.1 Å². The van der Waals surface area contributed by atoms with Crippen LogP contribution in [-0.2, 0) is 5.75 Å². The summed E-state index contributed by atoms with van der Waals surface area (Å²) in [6, 6.07) is 21.8. The average Bonchev–Trinajstić information content (AvgIpc) is 3.27. The van der Waals surface area contributed by atoms with E-state index in [1.165, 1.54) is 11.8 Å². The van der Waals surface area contributed by atoms with E-state index in [-0.39, 0.29) is 5.56 Å². The fourth-order valence-corrected chi connectivity index (χ4v) is 4.56. The summed E-state index contributed by atoms with van der Waals surface area (Å²) in [5.74, 6) is 1.20. The molecule has 8 nitrogen and oxygen atoms in total. The third-order valence-corrected chi connectivity index (χ3v) is 6.31. The van der Waals surface area contributed by atoms with Gasteiger partial charge in [-0.25, -0.2) is 4.57 Å². The Hall–Kier alpha value is -4.11. The topological polar surface area (TPSA) is 105 Å². The van der Waals surface area contributed by atoms with Crippen LogP contribution < -0.4 is 16.0 Å². The molecule has 0 radical (unpaired) electrons. The number of para-hydroxylation sites is 1. The molecule has 1 amide bonds. The van der Waals surface area contributed by atoms with Gasteiger partial charge in [-0.2, -0.15) is 0 Å². The highest BCUT2D eigenvalue weighted by atomic mass is 32.2. The normalized spacial score (nSPS) is 11.2. The zero-order valence-electron chi connectivity index (χ0n) is 17.6. The van der Waals surface area contributed by atoms with Gasteiger partial charge in [0.2, 0.25) is 11.7 Å². The van der Waals surface area contributed by atoms with Gasteiger partial charge in [0.1, 0.15) is 5.75 Å². The predicted octanol–water partition coefficient (Wildman–Crippen LogP) is 3.43. The first-order valence-electron chi connectivity index (χ1n) is 10.1. The number of benzene rings is 3. The van der Waals surface area contributed by atoms with Gasteiger partial charge in [0.05, 0.1) is 23.7 Å². The van der Waals surface area contributed by atoms with Crippen LogP contribution in [0.5, 0.6) is 5.75 Å². The van der Waals surface area contributed by atoms with Crippen LogP contribution in [0, 0.1) is 0 Å². The summed E-state index contributed by atoms with van der Waals surface area (Å²) < 4.78 is 8.77. The number of aromatic nitrogens is 4. The third-order valence-electron chi connectivity index (χ3n) is 5.31. The predicted molar refractivity (Wildman–Crippen MR) is 127 cm³/mol. The number of thioether (sulfide) groups is 1. The zero-order chi connectivity index (χ0) is 22.9. The van der Waals surface area contributed by atoms with Crippen molar-refractivity contribution in [1.82, 2.24) is 19.2 Å². The second-order valence-electron chi connectivity index (χ2n) is 7.33. The summed E-state index contributed by atoms with van der Waals surface area (Å²) in [5, 5.41) is 9.96. The lowest BCUT2D eigenvalue weighted by Crippen LogP contribution is -2.21. The van der Waals surface area contributed by atoms with Gasteiger partial charge in [0.25, 0.3) is 5.56 Å². The second-order valence-corrected chi connectivity index (χ2v) is 8.27. The van der Waals surface area contributed by atoms with E-state index in [9.17, 15) is 9.59 Å². The summed E-state index contributed by atoms with van der Waals surface area (Å²) in [5.41, 5.74) is 7.98. The summed E-state index contributed by atoms with van der Waals surface area (Å²) in [7, 11) is 1.58. The van der Waals surface area contributed by atoms with E-state index in [2.05, 4.69) is 10.2 Å². The lowest BCUT2D eigenvalue weighted by molar-refractivity contribution is 0.100. The first kappa shape index (κ1) is 20.8. The van der Waals surface area contributed by atoms with Crippen LogP contribution in [0.25, 0.3) is 22.4 Å². The monoisotopic (exact) mass is 457 g/mol. The molecule has 0 aliphatic heterocycles. The summed E-state index contributed by atoms with van der Waals surface area (Å²) >= 11 is 1.49. The zero-order valence-corrected chi connectivity index (χ0v) is 18.5. The van der Waals surface area contributed by atoms with Crippen molar-refractivity contribution in [3.63, 3.8) is 0 Å². The fourth-order valence-electron chi connectivity index (χ4n) is 3.67. The second kappa shape index (κ2) is 8.44. The largest absolute Gasteiger partial charge is 0.497 e. The highest BCUT2D eigenvalue weighted by Gasteiger charge is 2.18. The Morgan fingerprint density at radius 1 is 1.03 bits per heavy atom. The highest BCUT2D eigenvalue weighted by Crippen LogP contribution is 2.26. The molecule has 0 fully saturated rings. The third kappa shape index (κ3) is 3.72. The average molecular weight is 458 g/mol. The lowest BCUT2D eigenvalue weighted by atomic mass is 10.1. The van der Waals surface area contributed by atoms with Gasteiger partial charge < -0.3 is 10.5 Å². The van der Waals surface area contributed by atoms with Crippen molar-refractivity contribution in [2.24, 2.45) is 5.73 Å². The number of rotatable bonds is 6. The summed E-state index contributed by atoms with van der Waals surface area (Å²) in [6.45, 7) is 0. The molecular formula is C24H19N5O3S. The Balaban J connectivity index is 1.63. The molecule has 0 saturated carbocycles. The maximum absolute atomic E-state index is 13.4. The van der Waals surface area contributed by atoms with E-state index in [0.717, 1.165) is 11.1 Å². The standard InChI is InChI=1S/C24H19N5O3S/c1-32-18-6-4-5-17(13-18)28-22(31)19-7-2-3-8-20(19)29-23(28)26-27-24(29)33-14-15-9-11-16(12-10-15)21(25)30/h2-13H,14H2,1H3,(H2,25,30). The molecular weight excluding hydrogens is 438 g/mol. The van der Waals surface area contributed by atoms with Crippen molar-refractivity contribution in [1.29, 1.82) is 0 Å². The van der Waals surface area contributed by atoms with Crippen LogP contribution >= 0.6 is 11.8 Å². The number of primary amides is 1. The van der Waals surface area contributed by atoms with E-state index in [1.807, 2.05) is 52.9 Å².